The molecule has 0 bridgehead atoms. The molecule has 2 N–H and O–H groups in total. The van der Waals surface area contributed by atoms with Crippen molar-refractivity contribution in [1.82, 2.24) is 10.9 Å². The molecule has 0 fully saturated rings. The number of hydrazine groups is 1. The van der Waals surface area contributed by atoms with Gasteiger partial charge in [0, 0.05) is 5.56 Å². The minimum atomic E-state index is -0.804. The van der Waals surface area contributed by atoms with Gasteiger partial charge < -0.3 is 14.2 Å². The van der Waals surface area contributed by atoms with Crippen LogP contribution in [0.3, 0.4) is 0 Å². The predicted molar refractivity (Wildman–Crippen MR) is 114 cm³/mol. The first kappa shape index (κ1) is 21.0. The van der Waals surface area contributed by atoms with Crippen molar-refractivity contribution >= 4 is 22.6 Å². The van der Waals surface area contributed by atoms with Crippen LogP contribution in [0.2, 0.25) is 0 Å². The van der Waals surface area contributed by atoms with E-state index in [1.807, 2.05) is 43.3 Å². The van der Waals surface area contributed by atoms with E-state index in [0.717, 1.165) is 10.8 Å². The fourth-order valence-corrected chi connectivity index (χ4v) is 2.87. The van der Waals surface area contributed by atoms with Gasteiger partial charge in [0.05, 0.1) is 13.7 Å². The van der Waals surface area contributed by atoms with Crippen LogP contribution in [0, 0.1) is 0 Å². The molecule has 0 aromatic heterocycles. The van der Waals surface area contributed by atoms with Crippen molar-refractivity contribution in [3.63, 3.8) is 0 Å². The Morgan fingerprint density at radius 2 is 1.70 bits per heavy atom. The molecule has 0 aliphatic heterocycles. The maximum absolute atomic E-state index is 12.4. The molecule has 3 aromatic rings. The number of benzene rings is 3. The Balaban J connectivity index is 1.58. The van der Waals surface area contributed by atoms with Crippen LogP contribution in [-0.4, -0.2) is 31.6 Å². The normalized spacial score (nSPS) is 11.4. The molecular weight excluding hydrogens is 384 g/mol. The Morgan fingerprint density at radius 3 is 2.43 bits per heavy atom. The van der Waals surface area contributed by atoms with Crippen LogP contribution in [0.4, 0.5) is 0 Å². The standard InChI is InChI=1S/C23H24N2O5/c1-4-29-20-12-10-18(14-21(20)28-3)23(27)25-24-22(26)15(2)30-19-11-9-16-7-5-6-8-17(16)13-19/h5-15H,4H2,1-3H3,(H,24,26)(H,25,27). The molecular formula is C23H24N2O5. The van der Waals surface area contributed by atoms with E-state index in [-0.39, 0.29) is 0 Å². The highest BCUT2D eigenvalue weighted by molar-refractivity contribution is 5.96. The molecule has 156 valence electrons. The number of nitrogens with one attached hydrogen (secondary N) is 2. The molecule has 7 nitrogen and oxygen atoms in total. The number of amides is 2. The Kier molecular flexibility index (Phi) is 6.75. The van der Waals surface area contributed by atoms with Crippen LogP contribution in [0.5, 0.6) is 17.2 Å². The molecule has 3 rings (SSSR count). The smallest absolute Gasteiger partial charge is 0.279 e. The van der Waals surface area contributed by atoms with Gasteiger partial charge >= 0.3 is 0 Å². The monoisotopic (exact) mass is 408 g/mol. The molecule has 0 heterocycles. The van der Waals surface area contributed by atoms with Crippen LogP contribution in [-0.2, 0) is 4.79 Å². The molecule has 0 radical (unpaired) electrons. The van der Waals surface area contributed by atoms with Gasteiger partial charge in [0.15, 0.2) is 17.6 Å². The maximum atomic E-state index is 12.4. The van der Waals surface area contributed by atoms with Crippen LogP contribution in [0.1, 0.15) is 24.2 Å². The van der Waals surface area contributed by atoms with Crippen molar-refractivity contribution < 1.29 is 23.8 Å². The van der Waals surface area contributed by atoms with Gasteiger partial charge in [0.1, 0.15) is 5.75 Å². The first-order chi connectivity index (χ1) is 14.5. The van der Waals surface area contributed by atoms with E-state index < -0.39 is 17.9 Å². The van der Waals surface area contributed by atoms with Crippen LogP contribution < -0.4 is 25.1 Å². The maximum Gasteiger partial charge on any atom is 0.279 e. The summed E-state index contributed by atoms with van der Waals surface area (Å²) < 4.78 is 16.4. The molecule has 0 saturated heterocycles. The molecule has 1 unspecified atom stereocenters. The zero-order chi connectivity index (χ0) is 21.5. The number of hydrogen-bond donors (Lipinski definition) is 2. The molecule has 3 aromatic carbocycles. The van der Waals surface area contributed by atoms with Gasteiger partial charge in [-0.2, -0.15) is 0 Å². The third-order valence-electron chi connectivity index (χ3n) is 4.43. The number of methoxy groups -OCH3 is 1. The zero-order valence-electron chi connectivity index (χ0n) is 17.1. The highest BCUT2D eigenvalue weighted by atomic mass is 16.5. The molecule has 0 spiro atoms. The molecule has 0 aliphatic rings. The van der Waals surface area contributed by atoms with Gasteiger partial charge in [0.2, 0.25) is 0 Å². The summed E-state index contributed by atoms with van der Waals surface area (Å²) >= 11 is 0. The van der Waals surface area contributed by atoms with Gasteiger partial charge in [0.25, 0.3) is 11.8 Å². The Hall–Kier alpha value is -3.74. The van der Waals surface area contributed by atoms with Gasteiger partial charge in [-0.15, -0.1) is 0 Å². The van der Waals surface area contributed by atoms with E-state index in [1.54, 1.807) is 31.2 Å². The van der Waals surface area contributed by atoms with E-state index in [4.69, 9.17) is 14.2 Å². The van der Waals surface area contributed by atoms with Crippen LogP contribution in [0.25, 0.3) is 10.8 Å². The van der Waals surface area contributed by atoms with Crippen molar-refractivity contribution in [3.8, 4) is 17.2 Å². The number of hydrogen-bond acceptors (Lipinski definition) is 5. The molecule has 1 atom stereocenters. The lowest BCUT2D eigenvalue weighted by Gasteiger charge is -2.16. The predicted octanol–water partition coefficient (Wildman–Crippen LogP) is 3.48. The van der Waals surface area contributed by atoms with Crippen molar-refractivity contribution in [2.75, 3.05) is 13.7 Å². The second-order valence-electron chi connectivity index (χ2n) is 6.51. The number of carbonyl (C=O) groups excluding carboxylic acids is 2. The zero-order valence-corrected chi connectivity index (χ0v) is 17.1. The number of carbonyl (C=O) groups is 2. The van der Waals surface area contributed by atoms with E-state index in [9.17, 15) is 9.59 Å². The molecule has 7 heteroatoms. The summed E-state index contributed by atoms with van der Waals surface area (Å²) in [5.74, 6) is 0.581. The second kappa shape index (κ2) is 9.65. The fraction of sp³-hybridized carbons (Fsp3) is 0.217. The summed E-state index contributed by atoms with van der Waals surface area (Å²) in [6.45, 7) is 3.94. The third kappa shape index (κ3) is 5.00. The lowest BCUT2D eigenvalue weighted by Crippen LogP contribution is -2.47. The largest absolute Gasteiger partial charge is 0.493 e. The number of fused-ring (bicyclic) bond motifs is 1. The van der Waals surface area contributed by atoms with Crippen LogP contribution in [0.15, 0.2) is 60.7 Å². The van der Waals surface area contributed by atoms with E-state index in [1.165, 1.54) is 7.11 Å². The highest BCUT2D eigenvalue weighted by Gasteiger charge is 2.17. The average Bonchev–Trinajstić information content (AvgIpc) is 2.77. The molecule has 0 aliphatic carbocycles. The summed E-state index contributed by atoms with van der Waals surface area (Å²) in [6, 6.07) is 18.2. The van der Waals surface area contributed by atoms with E-state index in [0.29, 0.717) is 29.4 Å². The second-order valence-corrected chi connectivity index (χ2v) is 6.51. The van der Waals surface area contributed by atoms with Crippen LogP contribution >= 0.6 is 0 Å². The minimum Gasteiger partial charge on any atom is -0.493 e. The van der Waals surface area contributed by atoms with Gasteiger partial charge in [-0.25, -0.2) is 0 Å². The summed E-state index contributed by atoms with van der Waals surface area (Å²) in [5.41, 5.74) is 5.08. The van der Waals surface area contributed by atoms with Crippen molar-refractivity contribution in [2.45, 2.75) is 20.0 Å². The average molecular weight is 408 g/mol. The fourth-order valence-electron chi connectivity index (χ4n) is 2.87. The molecule has 2 amide bonds. The summed E-state index contributed by atoms with van der Waals surface area (Å²) in [4.78, 5) is 24.7. The quantitative estimate of drug-likeness (QED) is 0.585. The summed E-state index contributed by atoms with van der Waals surface area (Å²) in [5, 5.41) is 2.10. The lowest BCUT2D eigenvalue weighted by atomic mass is 10.1. The first-order valence-corrected chi connectivity index (χ1v) is 9.58. The number of ether oxygens (including phenoxy) is 3. The van der Waals surface area contributed by atoms with E-state index in [2.05, 4.69) is 10.9 Å². The molecule has 0 saturated carbocycles. The Morgan fingerprint density at radius 1 is 0.933 bits per heavy atom. The van der Waals surface area contributed by atoms with Crippen molar-refractivity contribution in [3.05, 3.63) is 66.2 Å². The molecule has 30 heavy (non-hydrogen) atoms. The summed E-state index contributed by atoms with van der Waals surface area (Å²) in [7, 11) is 1.49. The minimum absolute atomic E-state index is 0.318. The first-order valence-electron chi connectivity index (χ1n) is 9.58. The topological polar surface area (TPSA) is 85.9 Å². The SMILES string of the molecule is CCOc1ccc(C(=O)NNC(=O)C(C)Oc2ccc3ccccc3c2)cc1OC. The lowest BCUT2D eigenvalue weighted by molar-refractivity contribution is -0.128. The Labute approximate surface area is 174 Å². The van der Waals surface area contributed by atoms with Gasteiger partial charge in [-0.1, -0.05) is 30.3 Å². The van der Waals surface area contributed by atoms with E-state index >= 15 is 0 Å². The Bertz CT molecular complexity index is 1050. The van der Waals surface area contributed by atoms with Gasteiger partial charge in [-0.3, -0.25) is 20.4 Å². The van der Waals surface area contributed by atoms with Crippen molar-refractivity contribution in [2.24, 2.45) is 0 Å². The van der Waals surface area contributed by atoms with Gasteiger partial charge in [-0.05, 0) is 55.0 Å². The highest BCUT2D eigenvalue weighted by Crippen LogP contribution is 2.28. The van der Waals surface area contributed by atoms with Crippen molar-refractivity contribution in [1.29, 1.82) is 0 Å². The number of rotatable bonds is 7. The third-order valence-corrected chi connectivity index (χ3v) is 4.43. The summed E-state index contributed by atoms with van der Waals surface area (Å²) in [6.07, 6.45) is -0.804.